The van der Waals surface area contributed by atoms with Gasteiger partial charge in [-0.1, -0.05) is 0 Å². The van der Waals surface area contributed by atoms with Gasteiger partial charge in [0.25, 0.3) is 0 Å². The average Bonchev–Trinajstić information content (AvgIpc) is 2.49. The molecular formula is C10H18N2O2. The van der Waals surface area contributed by atoms with E-state index in [4.69, 9.17) is 4.74 Å². The molecule has 0 aromatic carbocycles. The standard InChI is InChI=1S/C10H18N2O2/c1-8(2)14-7-9(13)6-10-11-4-5-12(10)3/h4-5,8-9,13H,6-7H2,1-3H3. The Kier molecular flexibility index (Phi) is 4.10. The number of aromatic nitrogens is 2. The van der Waals surface area contributed by atoms with Gasteiger partial charge in [-0.25, -0.2) is 4.98 Å². The van der Waals surface area contributed by atoms with E-state index in [2.05, 4.69) is 4.98 Å². The summed E-state index contributed by atoms with van der Waals surface area (Å²) in [6, 6.07) is 0. The van der Waals surface area contributed by atoms with E-state index in [0.29, 0.717) is 13.0 Å². The van der Waals surface area contributed by atoms with Crippen molar-refractivity contribution < 1.29 is 9.84 Å². The molecule has 1 heterocycles. The van der Waals surface area contributed by atoms with Crippen molar-refractivity contribution in [3.8, 4) is 0 Å². The van der Waals surface area contributed by atoms with Crippen LogP contribution in [-0.4, -0.2) is 33.5 Å². The van der Waals surface area contributed by atoms with Gasteiger partial charge in [-0.15, -0.1) is 0 Å². The molecule has 1 N–H and O–H groups in total. The number of aryl methyl sites for hydroxylation is 1. The van der Waals surface area contributed by atoms with E-state index in [1.165, 1.54) is 0 Å². The molecule has 0 radical (unpaired) electrons. The van der Waals surface area contributed by atoms with E-state index in [9.17, 15) is 5.11 Å². The fourth-order valence-corrected chi connectivity index (χ4v) is 1.17. The lowest BCUT2D eigenvalue weighted by Crippen LogP contribution is -2.22. The molecule has 1 unspecified atom stereocenters. The molecule has 0 aliphatic rings. The van der Waals surface area contributed by atoms with Crippen LogP contribution in [0.25, 0.3) is 0 Å². The van der Waals surface area contributed by atoms with Crippen LogP contribution in [-0.2, 0) is 18.2 Å². The lowest BCUT2D eigenvalue weighted by atomic mass is 10.2. The number of aliphatic hydroxyl groups excluding tert-OH is 1. The number of nitrogens with zero attached hydrogens (tertiary/aromatic N) is 2. The zero-order chi connectivity index (χ0) is 10.6. The van der Waals surface area contributed by atoms with Crippen molar-refractivity contribution in [3.05, 3.63) is 18.2 Å². The summed E-state index contributed by atoms with van der Waals surface area (Å²) in [5, 5.41) is 9.62. The molecule has 0 fully saturated rings. The zero-order valence-electron chi connectivity index (χ0n) is 8.97. The summed E-state index contributed by atoms with van der Waals surface area (Å²) in [7, 11) is 1.92. The minimum atomic E-state index is -0.474. The lowest BCUT2D eigenvalue weighted by Gasteiger charge is -2.13. The van der Waals surface area contributed by atoms with Gasteiger partial charge in [0.15, 0.2) is 0 Å². The van der Waals surface area contributed by atoms with Gasteiger partial charge in [-0.3, -0.25) is 0 Å². The Morgan fingerprint density at radius 2 is 2.29 bits per heavy atom. The molecule has 0 spiro atoms. The van der Waals surface area contributed by atoms with Gasteiger partial charge < -0.3 is 14.4 Å². The average molecular weight is 198 g/mol. The molecule has 0 aliphatic carbocycles. The minimum absolute atomic E-state index is 0.158. The van der Waals surface area contributed by atoms with Crippen molar-refractivity contribution in [3.63, 3.8) is 0 Å². The third-order valence-corrected chi connectivity index (χ3v) is 1.96. The van der Waals surface area contributed by atoms with Crippen molar-refractivity contribution >= 4 is 0 Å². The van der Waals surface area contributed by atoms with Gasteiger partial charge in [-0.2, -0.15) is 0 Å². The summed E-state index contributed by atoms with van der Waals surface area (Å²) >= 11 is 0. The number of hydrogen-bond donors (Lipinski definition) is 1. The molecular weight excluding hydrogens is 180 g/mol. The normalized spacial score (nSPS) is 13.5. The highest BCUT2D eigenvalue weighted by Gasteiger charge is 2.09. The highest BCUT2D eigenvalue weighted by molar-refractivity contribution is 4.92. The third kappa shape index (κ3) is 3.47. The molecule has 1 atom stereocenters. The van der Waals surface area contributed by atoms with Gasteiger partial charge in [-0.05, 0) is 13.8 Å². The number of imidazole rings is 1. The van der Waals surface area contributed by atoms with Crippen LogP contribution in [0.3, 0.4) is 0 Å². The zero-order valence-corrected chi connectivity index (χ0v) is 8.97. The molecule has 0 bridgehead atoms. The number of hydrogen-bond acceptors (Lipinski definition) is 3. The first-order chi connectivity index (χ1) is 6.59. The monoisotopic (exact) mass is 198 g/mol. The molecule has 1 rings (SSSR count). The maximum atomic E-state index is 9.62. The van der Waals surface area contributed by atoms with Gasteiger partial charge in [0, 0.05) is 25.9 Å². The number of aliphatic hydroxyl groups is 1. The Bertz CT molecular complexity index is 271. The number of rotatable bonds is 5. The third-order valence-electron chi connectivity index (χ3n) is 1.96. The summed E-state index contributed by atoms with van der Waals surface area (Å²) in [6.07, 6.45) is 3.82. The Morgan fingerprint density at radius 1 is 1.57 bits per heavy atom. The van der Waals surface area contributed by atoms with Crippen molar-refractivity contribution in [2.75, 3.05) is 6.61 Å². The number of ether oxygens (including phenoxy) is 1. The summed E-state index contributed by atoms with van der Waals surface area (Å²) in [6.45, 7) is 4.27. The van der Waals surface area contributed by atoms with E-state index < -0.39 is 6.10 Å². The minimum Gasteiger partial charge on any atom is -0.390 e. The smallest absolute Gasteiger partial charge is 0.111 e. The molecule has 4 heteroatoms. The van der Waals surface area contributed by atoms with Crippen molar-refractivity contribution in [1.82, 2.24) is 9.55 Å². The SMILES string of the molecule is CC(C)OCC(O)Cc1nccn1C. The quantitative estimate of drug-likeness (QED) is 0.759. The van der Waals surface area contributed by atoms with Gasteiger partial charge >= 0.3 is 0 Å². The summed E-state index contributed by atoms with van der Waals surface area (Å²) in [4.78, 5) is 4.13. The predicted octanol–water partition coefficient (Wildman–Crippen LogP) is 0.748. The first-order valence-electron chi connectivity index (χ1n) is 4.85. The molecule has 0 saturated heterocycles. The lowest BCUT2D eigenvalue weighted by molar-refractivity contribution is 0.00527. The van der Waals surface area contributed by atoms with Crippen molar-refractivity contribution in [2.45, 2.75) is 32.5 Å². The molecule has 4 nitrogen and oxygen atoms in total. The second-order valence-electron chi connectivity index (χ2n) is 3.69. The van der Waals surface area contributed by atoms with Crippen LogP contribution in [0.5, 0.6) is 0 Å². The van der Waals surface area contributed by atoms with Crippen molar-refractivity contribution in [2.24, 2.45) is 7.05 Å². The molecule has 14 heavy (non-hydrogen) atoms. The van der Waals surface area contributed by atoms with Crippen LogP contribution in [0.15, 0.2) is 12.4 Å². The fraction of sp³-hybridized carbons (Fsp3) is 0.700. The van der Waals surface area contributed by atoms with Gasteiger partial charge in [0.05, 0.1) is 18.8 Å². The Balaban J connectivity index is 2.34. The molecule has 1 aromatic rings. The summed E-state index contributed by atoms with van der Waals surface area (Å²) in [5.74, 6) is 0.879. The van der Waals surface area contributed by atoms with E-state index in [-0.39, 0.29) is 6.10 Å². The fourth-order valence-electron chi connectivity index (χ4n) is 1.17. The Morgan fingerprint density at radius 3 is 2.79 bits per heavy atom. The van der Waals surface area contributed by atoms with E-state index >= 15 is 0 Å². The first kappa shape index (κ1) is 11.2. The maximum absolute atomic E-state index is 9.62. The van der Waals surface area contributed by atoms with Crippen LogP contribution in [0.1, 0.15) is 19.7 Å². The molecule has 0 aliphatic heterocycles. The Labute approximate surface area is 84.5 Å². The topological polar surface area (TPSA) is 47.3 Å². The predicted molar refractivity (Wildman–Crippen MR) is 54.0 cm³/mol. The molecule has 0 amide bonds. The summed E-state index contributed by atoms with van der Waals surface area (Å²) < 4.78 is 7.21. The van der Waals surface area contributed by atoms with E-state index in [1.807, 2.05) is 31.7 Å². The van der Waals surface area contributed by atoms with E-state index in [1.54, 1.807) is 6.20 Å². The van der Waals surface area contributed by atoms with Gasteiger partial charge in [0.1, 0.15) is 5.82 Å². The van der Waals surface area contributed by atoms with Crippen LogP contribution in [0, 0.1) is 0 Å². The van der Waals surface area contributed by atoms with E-state index in [0.717, 1.165) is 5.82 Å². The van der Waals surface area contributed by atoms with Crippen molar-refractivity contribution in [1.29, 1.82) is 0 Å². The largest absolute Gasteiger partial charge is 0.390 e. The first-order valence-corrected chi connectivity index (χ1v) is 4.85. The van der Waals surface area contributed by atoms with Crippen LogP contribution in [0.4, 0.5) is 0 Å². The van der Waals surface area contributed by atoms with Crippen LogP contribution >= 0.6 is 0 Å². The molecule has 80 valence electrons. The summed E-state index contributed by atoms with van der Waals surface area (Å²) in [5.41, 5.74) is 0. The highest BCUT2D eigenvalue weighted by atomic mass is 16.5. The van der Waals surface area contributed by atoms with Gasteiger partial charge in [0.2, 0.25) is 0 Å². The second-order valence-corrected chi connectivity index (χ2v) is 3.69. The molecule has 1 aromatic heterocycles. The highest BCUT2D eigenvalue weighted by Crippen LogP contribution is 2.01. The van der Waals surface area contributed by atoms with Crippen LogP contribution in [0.2, 0.25) is 0 Å². The second kappa shape index (κ2) is 5.12. The molecule has 0 saturated carbocycles. The van der Waals surface area contributed by atoms with Crippen LogP contribution < -0.4 is 0 Å². The maximum Gasteiger partial charge on any atom is 0.111 e. The Hall–Kier alpha value is -0.870.